The minimum Gasteiger partial charge on any atom is -0.384 e. The van der Waals surface area contributed by atoms with Gasteiger partial charge in [-0.2, -0.15) is 5.10 Å². The minimum atomic E-state index is -0.395. The van der Waals surface area contributed by atoms with Gasteiger partial charge in [-0.15, -0.1) is 0 Å². The van der Waals surface area contributed by atoms with Crippen molar-refractivity contribution in [1.82, 2.24) is 20.4 Å². The lowest BCUT2D eigenvalue weighted by Gasteiger charge is -2.35. The van der Waals surface area contributed by atoms with Gasteiger partial charge >= 0.3 is 0 Å². The summed E-state index contributed by atoms with van der Waals surface area (Å²) < 4.78 is 7.18. The van der Waals surface area contributed by atoms with Crippen LogP contribution in [0.4, 0.5) is 0 Å². The normalized spacial score (nSPS) is 16.5. The Morgan fingerprint density at radius 2 is 2.08 bits per heavy atom. The van der Waals surface area contributed by atoms with E-state index in [9.17, 15) is 4.79 Å². The van der Waals surface area contributed by atoms with Gasteiger partial charge in [0.25, 0.3) is 0 Å². The van der Waals surface area contributed by atoms with E-state index in [4.69, 9.17) is 4.74 Å². The van der Waals surface area contributed by atoms with Gasteiger partial charge in [0.15, 0.2) is 0 Å². The Morgan fingerprint density at radius 3 is 2.80 bits per heavy atom. The molecule has 2 N–H and O–H groups in total. The molecule has 6 nitrogen and oxygen atoms in total. The van der Waals surface area contributed by atoms with E-state index < -0.39 is 5.41 Å². The van der Waals surface area contributed by atoms with Crippen LogP contribution in [0.2, 0.25) is 0 Å². The molecule has 0 bridgehead atoms. The maximum Gasteiger partial charge on any atom is 0.228 e. The van der Waals surface area contributed by atoms with Crippen LogP contribution >= 0.6 is 0 Å². The molecule has 1 amide bonds. The van der Waals surface area contributed by atoms with Crippen molar-refractivity contribution in [3.63, 3.8) is 0 Å². The molecule has 0 atom stereocenters. The third-order valence-corrected chi connectivity index (χ3v) is 4.82. The summed E-state index contributed by atoms with van der Waals surface area (Å²) in [6.07, 6.45) is 6.27. The topological polar surface area (TPSA) is 68.2 Å². The molecule has 1 aromatic carbocycles. The van der Waals surface area contributed by atoms with E-state index in [-0.39, 0.29) is 5.91 Å². The quantitative estimate of drug-likeness (QED) is 0.801. The van der Waals surface area contributed by atoms with Crippen molar-refractivity contribution in [3.05, 3.63) is 48.3 Å². The van der Waals surface area contributed by atoms with Crippen LogP contribution in [0, 0.1) is 5.41 Å². The van der Waals surface area contributed by atoms with E-state index in [1.165, 1.54) is 0 Å². The van der Waals surface area contributed by atoms with Crippen LogP contribution in [0.5, 0.6) is 0 Å². The summed E-state index contributed by atoms with van der Waals surface area (Å²) in [5, 5.41) is 10.8. The van der Waals surface area contributed by atoms with Gasteiger partial charge < -0.3 is 15.4 Å². The third-order valence-electron chi connectivity index (χ3n) is 4.82. The number of benzene rings is 1. The number of nitrogens with zero attached hydrogens (tertiary/aromatic N) is 2. The smallest absolute Gasteiger partial charge is 0.228 e. The summed E-state index contributed by atoms with van der Waals surface area (Å²) >= 11 is 0. The second kappa shape index (κ2) is 8.27. The Kier molecular flexibility index (Phi) is 5.83. The summed E-state index contributed by atoms with van der Waals surface area (Å²) in [5.41, 5.74) is 1.75. The van der Waals surface area contributed by atoms with E-state index in [0.717, 1.165) is 43.6 Å². The number of ether oxygens (including phenoxy) is 1. The molecule has 3 rings (SSSR count). The molecule has 0 radical (unpaired) electrons. The van der Waals surface area contributed by atoms with Gasteiger partial charge in [0.2, 0.25) is 5.91 Å². The van der Waals surface area contributed by atoms with Crippen LogP contribution in [-0.4, -0.2) is 49.0 Å². The molecule has 0 aliphatic carbocycles. The van der Waals surface area contributed by atoms with Crippen molar-refractivity contribution in [2.75, 3.05) is 33.4 Å². The lowest BCUT2D eigenvalue weighted by molar-refractivity contribution is -0.136. The first kappa shape index (κ1) is 17.6. The van der Waals surface area contributed by atoms with Crippen LogP contribution in [0.1, 0.15) is 18.4 Å². The molecule has 134 valence electrons. The number of hydrogen-bond donors (Lipinski definition) is 2. The first-order chi connectivity index (χ1) is 12.2. The van der Waals surface area contributed by atoms with Gasteiger partial charge in [-0.1, -0.05) is 18.2 Å². The van der Waals surface area contributed by atoms with E-state index in [2.05, 4.69) is 15.7 Å². The average Bonchev–Trinajstić information content (AvgIpc) is 3.12. The second-order valence-corrected chi connectivity index (χ2v) is 6.60. The van der Waals surface area contributed by atoms with Crippen molar-refractivity contribution < 1.29 is 9.53 Å². The summed E-state index contributed by atoms with van der Waals surface area (Å²) in [6, 6.07) is 10.0. The Hall–Kier alpha value is -2.18. The molecule has 0 spiro atoms. The largest absolute Gasteiger partial charge is 0.384 e. The summed E-state index contributed by atoms with van der Waals surface area (Å²) in [7, 11) is 1.66. The molecule has 25 heavy (non-hydrogen) atoms. The standard InChI is InChI=1S/C19H26N4O2/c1-25-15-19(8-11-20-12-9-19)18(24)21-10-7-16-13-22-23(14-16)17-5-3-2-4-6-17/h2-6,13-14,20H,7-12,15H2,1H3,(H,21,24). The second-order valence-electron chi connectivity index (χ2n) is 6.60. The number of para-hydroxylation sites is 1. The van der Waals surface area contributed by atoms with E-state index in [1.54, 1.807) is 7.11 Å². The number of amides is 1. The minimum absolute atomic E-state index is 0.103. The molecular weight excluding hydrogens is 316 g/mol. The maximum absolute atomic E-state index is 12.7. The number of piperidine rings is 1. The van der Waals surface area contributed by atoms with Crippen molar-refractivity contribution in [1.29, 1.82) is 0 Å². The number of methoxy groups -OCH3 is 1. The zero-order valence-corrected chi connectivity index (χ0v) is 14.7. The van der Waals surface area contributed by atoms with Crippen LogP contribution in [-0.2, 0) is 16.0 Å². The first-order valence-electron chi connectivity index (χ1n) is 8.80. The van der Waals surface area contributed by atoms with Crippen LogP contribution in [0.15, 0.2) is 42.7 Å². The zero-order chi connectivity index (χ0) is 17.5. The van der Waals surface area contributed by atoms with Crippen molar-refractivity contribution >= 4 is 5.91 Å². The summed E-state index contributed by atoms with van der Waals surface area (Å²) in [6.45, 7) is 2.81. The predicted molar refractivity (Wildman–Crippen MR) is 96.7 cm³/mol. The molecule has 1 aromatic heterocycles. The number of nitrogens with one attached hydrogen (secondary N) is 2. The predicted octanol–water partition coefficient (Wildman–Crippen LogP) is 1.55. The SMILES string of the molecule is COCC1(C(=O)NCCc2cnn(-c3ccccc3)c2)CCNCC1. The van der Waals surface area contributed by atoms with Gasteiger partial charge in [0.1, 0.15) is 0 Å². The molecule has 1 saturated heterocycles. The number of hydrogen-bond acceptors (Lipinski definition) is 4. The highest BCUT2D eigenvalue weighted by Crippen LogP contribution is 2.29. The van der Waals surface area contributed by atoms with Crippen LogP contribution < -0.4 is 10.6 Å². The highest BCUT2D eigenvalue weighted by Gasteiger charge is 2.39. The fourth-order valence-electron chi connectivity index (χ4n) is 3.34. The number of carbonyl (C=O) groups is 1. The number of rotatable bonds is 7. The fraction of sp³-hybridized carbons (Fsp3) is 0.474. The number of carbonyl (C=O) groups excluding carboxylic acids is 1. The Balaban J connectivity index is 1.54. The van der Waals surface area contributed by atoms with Gasteiger partial charge in [-0.25, -0.2) is 4.68 Å². The summed E-state index contributed by atoms with van der Waals surface area (Å²) in [5.74, 6) is 0.103. The molecule has 6 heteroatoms. The average molecular weight is 342 g/mol. The first-order valence-corrected chi connectivity index (χ1v) is 8.80. The van der Waals surface area contributed by atoms with Gasteiger partial charge in [-0.3, -0.25) is 4.79 Å². The van der Waals surface area contributed by atoms with Gasteiger partial charge in [-0.05, 0) is 50.0 Å². The number of aromatic nitrogens is 2. The Bertz CT molecular complexity index is 672. The summed E-state index contributed by atoms with van der Waals surface area (Å²) in [4.78, 5) is 12.7. The monoisotopic (exact) mass is 342 g/mol. The Morgan fingerprint density at radius 1 is 1.32 bits per heavy atom. The van der Waals surface area contributed by atoms with Crippen molar-refractivity contribution in [2.45, 2.75) is 19.3 Å². The molecule has 2 aromatic rings. The van der Waals surface area contributed by atoms with Crippen LogP contribution in [0.25, 0.3) is 5.69 Å². The molecule has 0 saturated carbocycles. The molecule has 1 aliphatic heterocycles. The highest BCUT2D eigenvalue weighted by molar-refractivity contribution is 5.83. The fourth-order valence-corrected chi connectivity index (χ4v) is 3.34. The van der Waals surface area contributed by atoms with Crippen molar-refractivity contribution in [2.24, 2.45) is 5.41 Å². The lowest BCUT2D eigenvalue weighted by Crippen LogP contribution is -2.50. The molecule has 1 aliphatic rings. The van der Waals surface area contributed by atoms with Gasteiger partial charge in [0.05, 0.1) is 23.9 Å². The molecule has 2 heterocycles. The highest BCUT2D eigenvalue weighted by atomic mass is 16.5. The zero-order valence-electron chi connectivity index (χ0n) is 14.7. The molecule has 1 fully saturated rings. The van der Waals surface area contributed by atoms with E-state index >= 15 is 0 Å². The molecular formula is C19H26N4O2. The van der Waals surface area contributed by atoms with Gasteiger partial charge in [0, 0.05) is 19.9 Å². The van der Waals surface area contributed by atoms with E-state index in [0.29, 0.717) is 13.2 Å². The lowest BCUT2D eigenvalue weighted by atomic mass is 9.78. The van der Waals surface area contributed by atoms with E-state index in [1.807, 2.05) is 47.4 Å². The maximum atomic E-state index is 12.7. The molecule has 0 unspecified atom stereocenters. The Labute approximate surface area is 148 Å². The van der Waals surface area contributed by atoms with Crippen LogP contribution in [0.3, 0.4) is 0 Å². The van der Waals surface area contributed by atoms with Crippen molar-refractivity contribution in [3.8, 4) is 5.69 Å². The third kappa shape index (κ3) is 4.27.